The van der Waals surface area contributed by atoms with E-state index in [0.29, 0.717) is 13.1 Å². The highest BCUT2D eigenvalue weighted by molar-refractivity contribution is 5.13. The summed E-state index contributed by atoms with van der Waals surface area (Å²) in [4.78, 5) is 0. The molecule has 0 amide bonds. The molecule has 0 spiro atoms. The van der Waals surface area contributed by atoms with Crippen molar-refractivity contribution in [3.63, 3.8) is 0 Å². The van der Waals surface area contributed by atoms with Crippen molar-refractivity contribution in [2.75, 3.05) is 13.1 Å². The third kappa shape index (κ3) is 1.52. The average molecular weight is 129 g/mol. The lowest BCUT2D eigenvalue weighted by atomic mass is 9.97. The lowest BCUT2D eigenvalue weighted by Crippen LogP contribution is -2.54. The predicted octanol–water partition coefficient (Wildman–Crippen LogP) is 1.26. The van der Waals surface area contributed by atoms with Gasteiger partial charge in [-0.1, -0.05) is 5.57 Å². The zero-order valence-corrected chi connectivity index (χ0v) is 5.87. The number of hydrogen-bond donors (Lipinski definition) is 1. The molecule has 1 saturated heterocycles. The number of rotatable bonds is 1. The molecular formula is C7H12FN. The number of nitrogens with one attached hydrogen (secondary N) is 1. The topological polar surface area (TPSA) is 12.0 Å². The summed E-state index contributed by atoms with van der Waals surface area (Å²) in [7, 11) is 0. The van der Waals surface area contributed by atoms with E-state index < -0.39 is 5.67 Å². The standard InChI is InChI=1S/C7H12FN/c1-6(2)3-7(8)4-9-5-7/h3,9H,4-5H2,1-2H3. The Bertz CT molecular complexity index is 132. The molecule has 9 heavy (non-hydrogen) atoms. The molecule has 1 rings (SSSR count). The molecular weight excluding hydrogens is 117 g/mol. The maximum Gasteiger partial charge on any atom is 0.154 e. The van der Waals surface area contributed by atoms with Gasteiger partial charge in [-0.05, 0) is 19.9 Å². The maximum absolute atomic E-state index is 13.0. The summed E-state index contributed by atoms with van der Waals surface area (Å²) in [5.74, 6) is 0. The lowest BCUT2D eigenvalue weighted by Gasteiger charge is -2.32. The fourth-order valence-corrected chi connectivity index (χ4v) is 0.983. The van der Waals surface area contributed by atoms with Crippen molar-refractivity contribution in [3.8, 4) is 0 Å². The first-order valence-electron chi connectivity index (χ1n) is 3.18. The summed E-state index contributed by atoms with van der Waals surface area (Å²) in [5.41, 5.74) is 0.0257. The van der Waals surface area contributed by atoms with Gasteiger partial charge in [0.15, 0.2) is 5.67 Å². The Morgan fingerprint density at radius 3 is 2.22 bits per heavy atom. The van der Waals surface area contributed by atoms with E-state index in [1.807, 2.05) is 13.8 Å². The van der Waals surface area contributed by atoms with Crippen LogP contribution < -0.4 is 5.32 Å². The van der Waals surface area contributed by atoms with Gasteiger partial charge in [0.05, 0.1) is 0 Å². The number of hydrogen-bond acceptors (Lipinski definition) is 1. The molecule has 2 heteroatoms. The molecule has 1 nitrogen and oxygen atoms in total. The molecule has 1 aliphatic heterocycles. The Morgan fingerprint density at radius 2 is 2.11 bits per heavy atom. The Kier molecular flexibility index (Phi) is 1.58. The second kappa shape index (κ2) is 2.10. The highest BCUT2D eigenvalue weighted by Crippen LogP contribution is 2.19. The summed E-state index contributed by atoms with van der Waals surface area (Å²) in [6, 6.07) is 0. The number of halogens is 1. The Hall–Kier alpha value is -0.370. The van der Waals surface area contributed by atoms with Crippen molar-refractivity contribution in [1.29, 1.82) is 0 Å². The molecule has 0 aromatic carbocycles. The van der Waals surface area contributed by atoms with Crippen molar-refractivity contribution in [2.45, 2.75) is 19.5 Å². The fourth-order valence-electron chi connectivity index (χ4n) is 0.983. The number of allylic oxidation sites excluding steroid dienone is 1. The molecule has 1 aliphatic rings. The fraction of sp³-hybridized carbons (Fsp3) is 0.714. The Labute approximate surface area is 54.9 Å². The first kappa shape index (κ1) is 6.75. The molecule has 1 heterocycles. The summed E-state index contributed by atoms with van der Waals surface area (Å²) < 4.78 is 13.0. The van der Waals surface area contributed by atoms with Crippen LogP contribution in [0.4, 0.5) is 4.39 Å². The second-order valence-corrected chi connectivity index (χ2v) is 2.86. The van der Waals surface area contributed by atoms with Crippen LogP contribution in [0.25, 0.3) is 0 Å². The monoisotopic (exact) mass is 129 g/mol. The van der Waals surface area contributed by atoms with E-state index in [1.165, 1.54) is 0 Å². The van der Waals surface area contributed by atoms with Crippen LogP contribution in [0.5, 0.6) is 0 Å². The summed E-state index contributed by atoms with van der Waals surface area (Å²) in [5, 5.41) is 2.89. The molecule has 1 fully saturated rings. The van der Waals surface area contributed by atoms with Crippen molar-refractivity contribution >= 4 is 0 Å². The van der Waals surface area contributed by atoms with Crippen LogP contribution in [0.1, 0.15) is 13.8 Å². The molecule has 0 bridgehead atoms. The van der Waals surface area contributed by atoms with Gasteiger partial charge >= 0.3 is 0 Å². The van der Waals surface area contributed by atoms with E-state index in [4.69, 9.17) is 0 Å². The normalized spacial score (nSPS) is 22.6. The minimum Gasteiger partial charge on any atom is -0.310 e. The molecule has 0 saturated carbocycles. The maximum atomic E-state index is 13.0. The van der Waals surface area contributed by atoms with Crippen molar-refractivity contribution in [2.24, 2.45) is 0 Å². The van der Waals surface area contributed by atoms with Crippen molar-refractivity contribution in [3.05, 3.63) is 11.6 Å². The summed E-state index contributed by atoms with van der Waals surface area (Å²) in [6.45, 7) is 4.80. The van der Waals surface area contributed by atoms with Crippen LogP contribution in [0.15, 0.2) is 11.6 Å². The lowest BCUT2D eigenvalue weighted by molar-refractivity contribution is 0.146. The molecule has 52 valence electrons. The molecule has 0 aromatic rings. The Balaban J connectivity index is 2.51. The van der Waals surface area contributed by atoms with Crippen LogP contribution in [0.2, 0.25) is 0 Å². The van der Waals surface area contributed by atoms with Gasteiger partial charge in [0.1, 0.15) is 0 Å². The zero-order valence-electron chi connectivity index (χ0n) is 5.87. The van der Waals surface area contributed by atoms with Crippen LogP contribution in [-0.2, 0) is 0 Å². The predicted molar refractivity (Wildman–Crippen MR) is 36.1 cm³/mol. The number of alkyl halides is 1. The van der Waals surface area contributed by atoms with E-state index in [1.54, 1.807) is 6.08 Å². The van der Waals surface area contributed by atoms with Gasteiger partial charge in [0, 0.05) is 13.1 Å². The van der Waals surface area contributed by atoms with Crippen LogP contribution in [-0.4, -0.2) is 18.8 Å². The minimum atomic E-state index is -1.03. The Morgan fingerprint density at radius 1 is 1.56 bits per heavy atom. The first-order valence-corrected chi connectivity index (χ1v) is 3.18. The first-order chi connectivity index (χ1) is 4.12. The SMILES string of the molecule is CC(C)=CC1(F)CNC1. The zero-order chi connectivity index (χ0) is 6.91. The van der Waals surface area contributed by atoms with E-state index in [9.17, 15) is 4.39 Å². The highest BCUT2D eigenvalue weighted by atomic mass is 19.1. The largest absolute Gasteiger partial charge is 0.310 e. The molecule has 0 aromatic heterocycles. The second-order valence-electron chi connectivity index (χ2n) is 2.86. The van der Waals surface area contributed by atoms with Gasteiger partial charge in [0.25, 0.3) is 0 Å². The van der Waals surface area contributed by atoms with Gasteiger partial charge < -0.3 is 5.32 Å². The molecule has 0 aliphatic carbocycles. The van der Waals surface area contributed by atoms with E-state index in [0.717, 1.165) is 5.57 Å². The van der Waals surface area contributed by atoms with Gasteiger partial charge in [-0.25, -0.2) is 4.39 Å². The molecule has 0 unspecified atom stereocenters. The highest BCUT2D eigenvalue weighted by Gasteiger charge is 2.33. The molecule has 0 atom stereocenters. The third-order valence-electron chi connectivity index (χ3n) is 1.39. The van der Waals surface area contributed by atoms with Crippen LogP contribution in [0.3, 0.4) is 0 Å². The van der Waals surface area contributed by atoms with E-state index in [-0.39, 0.29) is 0 Å². The van der Waals surface area contributed by atoms with Crippen molar-refractivity contribution in [1.82, 2.24) is 5.32 Å². The molecule has 1 N–H and O–H groups in total. The third-order valence-corrected chi connectivity index (χ3v) is 1.39. The van der Waals surface area contributed by atoms with Crippen LogP contribution >= 0.6 is 0 Å². The van der Waals surface area contributed by atoms with Crippen molar-refractivity contribution < 1.29 is 4.39 Å². The van der Waals surface area contributed by atoms with Gasteiger partial charge in [0.2, 0.25) is 0 Å². The smallest absolute Gasteiger partial charge is 0.154 e. The van der Waals surface area contributed by atoms with E-state index >= 15 is 0 Å². The van der Waals surface area contributed by atoms with Gasteiger partial charge in [-0.15, -0.1) is 0 Å². The molecule has 0 radical (unpaired) electrons. The van der Waals surface area contributed by atoms with Crippen LogP contribution in [0, 0.1) is 0 Å². The van der Waals surface area contributed by atoms with Gasteiger partial charge in [-0.2, -0.15) is 0 Å². The summed E-state index contributed by atoms with van der Waals surface area (Å²) >= 11 is 0. The van der Waals surface area contributed by atoms with E-state index in [2.05, 4.69) is 5.32 Å². The average Bonchev–Trinajstić information content (AvgIpc) is 1.60. The quantitative estimate of drug-likeness (QED) is 0.526. The van der Waals surface area contributed by atoms with Gasteiger partial charge in [-0.3, -0.25) is 0 Å². The minimum absolute atomic E-state index is 0.484. The summed E-state index contributed by atoms with van der Waals surface area (Å²) in [6.07, 6.45) is 1.68.